The molecule has 0 spiro atoms. The molecule has 0 radical (unpaired) electrons. The van der Waals surface area contributed by atoms with E-state index in [1.807, 2.05) is 39.0 Å². The Morgan fingerprint density at radius 1 is 1.12 bits per heavy atom. The maximum atomic E-state index is 11.6. The number of hydrogen-bond acceptors (Lipinski definition) is 1. The lowest BCUT2D eigenvalue weighted by atomic mass is 10.1. The molecule has 1 aromatic rings. The lowest BCUT2D eigenvalue weighted by Gasteiger charge is -2.20. The highest BCUT2D eigenvalue weighted by atomic mass is 16.1. The van der Waals surface area contributed by atoms with Gasteiger partial charge in [-0.3, -0.25) is 4.79 Å². The quantitative estimate of drug-likeness (QED) is 0.615. The third kappa shape index (κ3) is 6.72. The lowest BCUT2D eigenvalue weighted by Crippen LogP contribution is -2.40. The highest BCUT2D eigenvalue weighted by Gasteiger charge is 2.13. The van der Waals surface area contributed by atoms with Crippen LogP contribution in [-0.2, 0) is 11.3 Å². The van der Waals surface area contributed by atoms with Crippen molar-refractivity contribution in [3.8, 4) is 0 Å². The van der Waals surface area contributed by atoms with Gasteiger partial charge in [-0.05, 0) is 27.2 Å². The Morgan fingerprint density at radius 3 is 2.35 bits per heavy atom. The van der Waals surface area contributed by atoms with Crippen LogP contribution in [-0.4, -0.2) is 11.4 Å². The Labute approximate surface area is 104 Å². The summed E-state index contributed by atoms with van der Waals surface area (Å²) in [5.74, 6) is 0.149. The predicted molar refractivity (Wildman–Crippen MR) is 68.4 cm³/mol. The average molecular weight is 235 g/mol. The number of rotatable bonds is 5. The fourth-order valence-corrected chi connectivity index (χ4v) is 1.64. The van der Waals surface area contributed by atoms with Crippen LogP contribution < -0.4 is 9.88 Å². The Kier molecular flexibility index (Phi) is 5.13. The number of hydrogen-bond donors (Lipinski definition) is 1. The standard InChI is InChI=1S/C14H22N2O/c1-14(2,3)15-13(17)9-5-8-12-16-10-6-4-7-11-16/h4,6-7,10-11H,5,8-9,12H2,1-3H3/p+1. The Bertz CT molecular complexity index is 341. The summed E-state index contributed by atoms with van der Waals surface area (Å²) in [6, 6.07) is 6.05. The van der Waals surface area contributed by atoms with Crippen molar-refractivity contribution >= 4 is 5.91 Å². The van der Waals surface area contributed by atoms with Gasteiger partial charge in [-0.15, -0.1) is 0 Å². The summed E-state index contributed by atoms with van der Waals surface area (Å²) >= 11 is 0. The number of unbranched alkanes of at least 4 members (excludes halogenated alkanes) is 1. The molecule has 1 heterocycles. The molecule has 1 aromatic heterocycles. The minimum Gasteiger partial charge on any atom is -0.352 e. The zero-order valence-corrected chi connectivity index (χ0v) is 11.1. The summed E-state index contributed by atoms with van der Waals surface area (Å²) < 4.78 is 2.14. The van der Waals surface area contributed by atoms with Crippen LogP contribution in [0.3, 0.4) is 0 Å². The van der Waals surface area contributed by atoms with Crippen molar-refractivity contribution in [2.45, 2.75) is 52.1 Å². The normalized spacial score (nSPS) is 11.2. The minimum absolute atomic E-state index is 0.120. The first-order chi connectivity index (χ1) is 7.97. The largest absolute Gasteiger partial charge is 0.352 e. The molecular formula is C14H23N2O+. The van der Waals surface area contributed by atoms with Crippen LogP contribution in [0.5, 0.6) is 0 Å². The van der Waals surface area contributed by atoms with Gasteiger partial charge in [0.2, 0.25) is 5.91 Å². The van der Waals surface area contributed by atoms with Crippen LogP contribution in [0.4, 0.5) is 0 Å². The number of carbonyl (C=O) groups is 1. The van der Waals surface area contributed by atoms with Crippen LogP contribution in [0.1, 0.15) is 40.0 Å². The van der Waals surface area contributed by atoms with E-state index in [2.05, 4.69) is 22.3 Å². The van der Waals surface area contributed by atoms with Crippen molar-refractivity contribution in [1.29, 1.82) is 0 Å². The maximum absolute atomic E-state index is 11.6. The first kappa shape index (κ1) is 13.7. The van der Waals surface area contributed by atoms with E-state index in [1.165, 1.54) is 0 Å². The monoisotopic (exact) mass is 235 g/mol. The SMILES string of the molecule is CC(C)(C)NC(=O)CCCC[n+]1ccccc1. The smallest absolute Gasteiger partial charge is 0.220 e. The van der Waals surface area contributed by atoms with Crippen molar-refractivity contribution < 1.29 is 9.36 Å². The third-order valence-corrected chi connectivity index (χ3v) is 2.36. The first-order valence-electron chi connectivity index (χ1n) is 6.22. The number of amides is 1. The number of nitrogens with one attached hydrogen (secondary N) is 1. The van der Waals surface area contributed by atoms with E-state index in [-0.39, 0.29) is 11.4 Å². The van der Waals surface area contributed by atoms with Crippen LogP contribution in [0.15, 0.2) is 30.6 Å². The van der Waals surface area contributed by atoms with Gasteiger partial charge in [0.25, 0.3) is 0 Å². The summed E-state index contributed by atoms with van der Waals surface area (Å²) in [5, 5.41) is 2.97. The fourth-order valence-electron chi connectivity index (χ4n) is 1.64. The minimum atomic E-state index is -0.120. The van der Waals surface area contributed by atoms with Gasteiger partial charge in [-0.2, -0.15) is 0 Å². The Balaban J connectivity index is 2.14. The fraction of sp³-hybridized carbons (Fsp3) is 0.571. The number of nitrogens with zero attached hydrogens (tertiary/aromatic N) is 1. The van der Waals surface area contributed by atoms with Crippen LogP contribution in [0, 0.1) is 0 Å². The molecule has 0 aromatic carbocycles. The molecule has 94 valence electrons. The number of pyridine rings is 1. The van der Waals surface area contributed by atoms with E-state index in [0.29, 0.717) is 6.42 Å². The molecule has 3 nitrogen and oxygen atoms in total. The van der Waals surface area contributed by atoms with Gasteiger partial charge in [0.15, 0.2) is 12.4 Å². The van der Waals surface area contributed by atoms with E-state index >= 15 is 0 Å². The highest BCUT2D eigenvalue weighted by Crippen LogP contribution is 2.02. The average Bonchev–Trinajstić information content (AvgIpc) is 2.23. The molecule has 0 bridgehead atoms. The van der Waals surface area contributed by atoms with E-state index in [4.69, 9.17) is 0 Å². The molecule has 0 saturated carbocycles. The zero-order valence-electron chi connectivity index (χ0n) is 11.1. The number of carbonyl (C=O) groups excluding carboxylic acids is 1. The second kappa shape index (κ2) is 6.38. The van der Waals surface area contributed by atoms with E-state index in [1.54, 1.807) is 0 Å². The first-order valence-corrected chi connectivity index (χ1v) is 6.22. The number of aryl methyl sites for hydroxylation is 1. The summed E-state index contributed by atoms with van der Waals surface area (Å²) in [4.78, 5) is 11.6. The zero-order chi connectivity index (χ0) is 12.7. The van der Waals surface area contributed by atoms with Gasteiger partial charge < -0.3 is 5.32 Å². The second-order valence-corrected chi connectivity index (χ2v) is 5.37. The molecule has 1 N–H and O–H groups in total. The summed E-state index contributed by atoms with van der Waals surface area (Å²) in [7, 11) is 0. The van der Waals surface area contributed by atoms with Gasteiger partial charge in [0.1, 0.15) is 6.54 Å². The lowest BCUT2D eigenvalue weighted by molar-refractivity contribution is -0.697. The van der Waals surface area contributed by atoms with Gasteiger partial charge in [-0.1, -0.05) is 6.07 Å². The number of aromatic nitrogens is 1. The van der Waals surface area contributed by atoms with Gasteiger partial charge in [0, 0.05) is 30.5 Å². The molecule has 0 unspecified atom stereocenters. The van der Waals surface area contributed by atoms with Crippen LogP contribution >= 0.6 is 0 Å². The Hall–Kier alpha value is -1.38. The molecule has 0 saturated heterocycles. The van der Waals surface area contributed by atoms with Gasteiger partial charge in [0.05, 0.1) is 0 Å². The van der Waals surface area contributed by atoms with Crippen molar-refractivity contribution in [2.24, 2.45) is 0 Å². The molecule has 17 heavy (non-hydrogen) atoms. The van der Waals surface area contributed by atoms with E-state index < -0.39 is 0 Å². The van der Waals surface area contributed by atoms with Crippen molar-refractivity contribution in [2.75, 3.05) is 0 Å². The molecule has 3 heteroatoms. The maximum Gasteiger partial charge on any atom is 0.220 e. The van der Waals surface area contributed by atoms with Crippen LogP contribution in [0.25, 0.3) is 0 Å². The third-order valence-electron chi connectivity index (χ3n) is 2.36. The summed E-state index contributed by atoms with van der Waals surface area (Å²) in [6.45, 7) is 6.99. The highest BCUT2D eigenvalue weighted by molar-refractivity contribution is 5.76. The van der Waals surface area contributed by atoms with Gasteiger partial charge in [-0.25, -0.2) is 4.57 Å². The molecule has 1 amide bonds. The summed E-state index contributed by atoms with van der Waals surface area (Å²) in [5.41, 5.74) is -0.120. The van der Waals surface area contributed by atoms with E-state index in [9.17, 15) is 4.79 Å². The van der Waals surface area contributed by atoms with Crippen molar-refractivity contribution in [1.82, 2.24) is 5.32 Å². The van der Waals surface area contributed by atoms with Crippen LogP contribution in [0.2, 0.25) is 0 Å². The van der Waals surface area contributed by atoms with E-state index in [0.717, 1.165) is 19.4 Å². The molecule has 0 fully saturated rings. The molecule has 0 aliphatic rings. The molecule has 0 aliphatic heterocycles. The molecule has 0 aliphatic carbocycles. The topological polar surface area (TPSA) is 33.0 Å². The molecule has 1 rings (SSSR count). The van der Waals surface area contributed by atoms with Crippen molar-refractivity contribution in [3.63, 3.8) is 0 Å². The second-order valence-electron chi connectivity index (χ2n) is 5.37. The molecule has 0 atom stereocenters. The Morgan fingerprint density at radius 2 is 1.76 bits per heavy atom. The van der Waals surface area contributed by atoms with Gasteiger partial charge >= 0.3 is 0 Å². The predicted octanol–water partition coefficient (Wildman–Crippen LogP) is 2.06. The summed E-state index contributed by atoms with van der Waals surface area (Å²) in [6.07, 6.45) is 6.69. The molecular weight excluding hydrogens is 212 g/mol. The van der Waals surface area contributed by atoms with Crippen molar-refractivity contribution in [3.05, 3.63) is 30.6 Å².